The topological polar surface area (TPSA) is 50.9 Å². The first-order valence-electron chi connectivity index (χ1n) is 4.42. The molecule has 1 heterocycles. The molecule has 78 valence electrons. The molecule has 5 heteroatoms. The minimum Gasteiger partial charge on any atom is -0.300 e. The zero-order chi connectivity index (χ0) is 10.7. The summed E-state index contributed by atoms with van der Waals surface area (Å²) in [4.78, 5) is 4.43. The van der Waals surface area contributed by atoms with Gasteiger partial charge in [-0.15, -0.1) is 11.8 Å². The summed E-state index contributed by atoms with van der Waals surface area (Å²) in [6, 6.07) is 10.1. The van der Waals surface area contributed by atoms with E-state index >= 15 is 0 Å². The molecule has 0 saturated carbocycles. The number of nitrogens with two attached hydrogens (primary N) is 1. The number of thiazole rings is 1. The maximum Gasteiger partial charge on any atom is 0.198 e. The molecule has 3 N–H and O–H groups in total. The molecule has 0 amide bonds. The number of hydrogen-bond acceptors (Lipinski definition) is 5. The van der Waals surface area contributed by atoms with Crippen LogP contribution in [0.3, 0.4) is 0 Å². The van der Waals surface area contributed by atoms with Gasteiger partial charge in [0.05, 0.1) is 9.90 Å². The summed E-state index contributed by atoms with van der Waals surface area (Å²) in [5, 5.41) is 0.748. The zero-order valence-corrected chi connectivity index (χ0v) is 9.86. The maximum atomic E-state index is 5.35. The molecular weight excluding hydrogens is 226 g/mol. The number of hydrazine groups is 1. The van der Waals surface area contributed by atoms with Crippen LogP contribution in [-0.2, 0) is 0 Å². The molecule has 2 rings (SSSR count). The Kier molecular flexibility index (Phi) is 3.25. The lowest BCUT2D eigenvalue weighted by Crippen LogP contribution is -2.05. The molecule has 3 nitrogen and oxygen atoms in total. The molecule has 0 unspecified atom stereocenters. The molecule has 0 saturated heterocycles. The number of aromatic nitrogens is 1. The highest BCUT2D eigenvalue weighted by Gasteiger charge is 2.10. The number of anilines is 1. The van der Waals surface area contributed by atoms with Crippen LogP contribution in [0.2, 0.25) is 0 Å². The molecule has 1 aromatic heterocycles. The van der Waals surface area contributed by atoms with E-state index in [0.717, 1.165) is 16.4 Å². The van der Waals surface area contributed by atoms with Crippen LogP contribution in [0.25, 0.3) is 11.3 Å². The van der Waals surface area contributed by atoms with Crippen molar-refractivity contribution < 1.29 is 0 Å². The average molecular weight is 237 g/mol. The lowest BCUT2D eigenvalue weighted by molar-refractivity contribution is 1.28. The van der Waals surface area contributed by atoms with Crippen molar-refractivity contribution in [2.45, 2.75) is 4.21 Å². The Hall–Kier alpha value is -1.04. The summed E-state index contributed by atoms with van der Waals surface area (Å²) >= 11 is 3.26. The number of nitrogens with one attached hydrogen (secondary N) is 1. The molecule has 0 bridgehead atoms. The molecule has 0 aliphatic heterocycles. The first kappa shape index (κ1) is 10.5. The minimum atomic E-state index is 0.748. The monoisotopic (exact) mass is 237 g/mol. The predicted molar refractivity (Wildman–Crippen MR) is 67.1 cm³/mol. The molecule has 0 fully saturated rings. The van der Waals surface area contributed by atoms with E-state index in [-0.39, 0.29) is 0 Å². The lowest BCUT2D eigenvalue weighted by Gasteiger charge is -1.97. The van der Waals surface area contributed by atoms with Crippen LogP contribution in [0.1, 0.15) is 0 Å². The van der Waals surface area contributed by atoms with Gasteiger partial charge in [-0.1, -0.05) is 41.7 Å². The second kappa shape index (κ2) is 4.65. The second-order valence-corrected chi connectivity index (χ2v) is 4.94. The Labute approximate surface area is 96.7 Å². The van der Waals surface area contributed by atoms with E-state index in [1.807, 2.05) is 24.5 Å². The Bertz CT molecular complexity index is 439. The number of hydrogen-bond donors (Lipinski definition) is 2. The van der Waals surface area contributed by atoms with Gasteiger partial charge in [0.25, 0.3) is 0 Å². The van der Waals surface area contributed by atoms with Gasteiger partial charge in [-0.2, -0.15) is 0 Å². The van der Waals surface area contributed by atoms with Gasteiger partial charge >= 0.3 is 0 Å². The van der Waals surface area contributed by atoms with Gasteiger partial charge in [-0.25, -0.2) is 10.8 Å². The summed E-state index contributed by atoms with van der Waals surface area (Å²) in [5.41, 5.74) is 4.71. The predicted octanol–water partition coefficient (Wildman–Crippen LogP) is 2.82. The number of benzene rings is 1. The maximum absolute atomic E-state index is 5.35. The second-order valence-electron chi connectivity index (χ2n) is 2.87. The van der Waals surface area contributed by atoms with Crippen molar-refractivity contribution in [3.05, 3.63) is 30.3 Å². The van der Waals surface area contributed by atoms with E-state index in [9.17, 15) is 0 Å². The quantitative estimate of drug-likeness (QED) is 0.489. The Morgan fingerprint density at radius 1 is 1.33 bits per heavy atom. The number of nitrogens with zero attached hydrogens (tertiary/aromatic N) is 1. The van der Waals surface area contributed by atoms with Crippen molar-refractivity contribution >= 4 is 28.2 Å². The van der Waals surface area contributed by atoms with Gasteiger partial charge in [0, 0.05) is 5.56 Å². The highest BCUT2D eigenvalue weighted by atomic mass is 32.2. The number of thioether (sulfide) groups is 1. The summed E-state index contributed by atoms with van der Waals surface area (Å²) in [6.45, 7) is 0. The zero-order valence-electron chi connectivity index (χ0n) is 8.23. The SMILES string of the molecule is CSc1sc(NN)nc1-c1ccccc1. The molecule has 0 radical (unpaired) electrons. The summed E-state index contributed by atoms with van der Waals surface area (Å²) < 4.78 is 1.18. The van der Waals surface area contributed by atoms with Crippen LogP contribution in [0.15, 0.2) is 34.5 Å². The normalized spacial score (nSPS) is 10.3. The van der Waals surface area contributed by atoms with Gasteiger partial charge in [0.1, 0.15) is 0 Å². The third kappa shape index (κ3) is 2.14. The van der Waals surface area contributed by atoms with Crippen molar-refractivity contribution in [1.82, 2.24) is 4.98 Å². The molecule has 0 aliphatic carbocycles. The van der Waals surface area contributed by atoms with Crippen LogP contribution in [0.5, 0.6) is 0 Å². The molecule has 0 atom stereocenters. The van der Waals surface area contributed by atoms with Gasteiger partial charge in [0.15, 0.2) is 5.13 Å². The van der Waals surface area contributed by atoms with Gasteiger partial charge in [-0.3, -0.25) is 5.43 Å². The Morgan fingerprint density at radius 2 is 2.07 bits per heavy atom. The van der Waals surface area contributed by atoms with Crippen molar-refractivity contribution in [2.24, 2.45) is 5.84 Å². The van der Waals surface area contributed by atoms with Gasteiger partial charge < -0.3 is 0 Å². The van der Waals surface area contributed by atoms with E-state index in [1.54, 1.807) is 23.1 Å². The highest BCUT2D eigenvalue weighted by Crippen LogP contribution is 2.36. The fourth-order valence-electron chi connectivity index (χ4n) is 1.28. The van der Waals surface area contributed by atoms with E-state index in [0.29, 0.717) is 0 Å². The first-order valence-corrected chi connectivity index (χ1v) is 6.46. The summed E-state index contributed by atoms with van der Waals surface area (Å²) in [6.07, 6.45) is 2.04. The van der Waals surface area contributed by atoms with Crippen LogP contribution in [-0.4, -0.2) is 11.2 Å². The van der Waals surface area contributed by atoms with Crippen molar-refractivity contribution in [3.8, 4) is 11.3 Å². The van der Waals surface area contributed by atoms with E-state index in [2.05, 4.69) is 22.5 Å². The molecule has 0 spiro atoms. The Balaban J connectivity index is 2.47. The van der Waals surface area contributed by atoms with E-state index in [1.165, 1.54) is 4.21 Å². The lowest BCUT2D eigenvalue weighted by atomic mass is 10.2. The smallest absolute Gasteiger partial charge is 0.198 e. The van der Waals surface area contributed by atoms with Gasteiger partial charge in [0.2, 0.25) is 0 Å². The van der Waals surface area contributed by atoms with Crippen molar-refractivity contribution in [1.29, 1.82) is 0 Å². The molecule has 15 heavy (non-hydrogen) atoms. The molecule has 0 aliphatic rings. The van der Waals surface area contributed by atoms with Crippen LogP contribution >= 0.6 is 23.1 Å². The van der Waals surface area contributed by atoms with Crippen LogP contribution < -0.4 is 11.3 Å². The first-order chi connectivity index (χ1) is 7.35. The Morgan fingerprint density at radius 3 is 2.67 bits per heavy atom. The molecule has 1 aromatic carbocycles. The molecular formula is C10H11N3S2. The number of rotatable bonds is 3. The fraction of sp³-hybridized carbons (Fsp3) is 0.100. The highest BCUT2D eigenvalue weighted by molar-refractivity contribution is 8.00. The third-order valence-electron chi connectivity index (χ3n) is 1.95. The van der Waals surface area contributed by atoms with E-state index < -0.39 is 0 Å². The molecule has 2 aromatic rings. The fourth-order valence-corrected chi connectivity index (χ4v) is 2.84. The average Bonchev–Trinajstić information content (AvgIpc) is 2.73. The third-order valence-corrected chi connectivity index (χ3v) is 4.05. The summed E-state index contributed by atoms with van der Waals surface area (Å²) in [5.74, 6) is 5.35. The minimum absolute atomic E-state index is 0.748. The standard InChI is InChI=1S/C10H11N3S2/c1-14-9-8(12-10(13-11)15-9)7-5-3-2-4-6-7/h2-6H,11H2,1H3,(H,12,13). The van der Waals surface area contributed by atoms with Crippen LogP contribution in [0.4, 0.5) is 5.13 Å². The van der Waals surface area contributed by atoms with Gasteiger partial charge in [-0.05, 0) is 6.26 Å². The summed E-state index contributed by atoms with van der Waals surface area (Å²) in [7, 11) is 0. The van der Waals surface area contributed by atoms with Crippen molar-refractivity contribution in [2.75, 3.05) is 11.7 Å². The number of nitrogen functional groups attached to an aromatic ring is 1. The van der Waals surface area contributed by atoms with Crippen LogP contribution in [0, 0.1) is 0 Å². The largest absolute Gasteiger partial charge is 0.300 e. The van der Waals surface area contributed by atoms with E-state index in [4.69, 9.17) is 5.84 Å². The van der Waals surface area contributed by atoms with Crippen molar-refractivity contribution in [3.63, 3.8) is 0 Å².